The van der Waals surface area contributed by atoms with E-state index in [1.54, 1.807) is 11.1 Å². The second-order valence-electron chi connectivity index (χ2n) is 4.48. The van der Waals surface area contributed by atoms with Gasteiger partial charge in [0.15, 0.2) is 0 Å². The molecular weight excluding hydrogens is 216 g/mol. The molecule has 0 aliphatic rings. The molecule has 5 heteroatoms. The van der Waals surface area contributed by atoms with Crippen LogP contribution < -0.4 is 5.32 Å². The topological polar surface area (TPSA) is 50.2 Å². The Morgan fingerprint density at radius 3 is 2.82 bits per heavy atom. The second-order valence-corrected chi connectivity index (χ2v) is 4.48. The van der Waals surface area contributed by atoms with E-state index in [0.717, 1.165) is 18.8 Å². The molecule has 0 saturated carbocycles. The Hall–Kier alpha value is -1.36. The molecule has 0 atom stereocenters. The van der Waals surface area contributed by atoms with Gasteiger partial charge in [-0.25, -0.2) is 4.98 Å². The molecule has 0 spiro atoms. The molecule has 0 unspecified atom stereocenters. The van der Waals surface area contributed by atoms with Crippen LogP contribution in [0.5, 0.6) is 0 Å². The monoisotopic (exact) mass is 238 g/mol. The van der Waals surface area contributed by atoms with E-state index in [4.69, 9.17) is 0 Å². The Kier molecular flexibility index (Phi) is 5.15. The standard InChI is InChI=1S/C12H22N4O/c1-10(2)16(4)12(17)9-13-6-5-11-14-7-8-15(11)3/h7-8,10,13H,5-6,9H2,1-4H3. The summed E-state index contributed by atoms with van der Waals surface area (Å²) in [6.07, 6.45) is 4.54. The van der Waals surface area contributed by atoms with E-state index in [1.165, 1.54) is 0 Å². The summed E-state index contributed by atoms with van der Waals surface area (Å²) in [5, 5.41) is 3.14. The number of carbonyl (C=O) groups is 1. The first-order chi connectivity index (χ1) is 8.02. The van der Waals surface area contributed by atoms with Crippen molar-refractivity contribution in [3.8, 4) is 0 Å². The minimum absolute atomic E-state index is 0.125. The van der Waals surface area contributed by atoms with Gasteiger partial charge in [0.05, 0.1) is 6.54 Å². The number of aryl methyl sites for hydroxylation is 1. The summed E-state index contributed by atoms with van der Waals surface area (Å²) < 4.78 is 1.99. The molecule has 1 heterocycles. The van der Waals surface area contributed by atoms with E-state index in [-0.39, 0.29) is 11.9 Å². The van der Waals surface area contributed by atoms with Crippen LogP contribution in [0.4, 0.5) is 0 Å². The van der Waals surface area contributed by atoms with Crippen molar-refractivity contribution in [2.75, 3.05) is 20.1 Å². The van der Waals surface area contributed by atoms with Crippen molar-refractivity contribution in [1.82, 2.24) is 19.8 Å². The van der Waals surface area contributed by atoms with E-state index in [1.807, 2.05) is 38.7 Å². The lowest BCUT2D eigenvalue weighted by molar-refractivity contribution is -0.130. The third kappa shape index (κ3) is 4.19. The van der Waals surface area contributed by atoms with Crippen molar-refractivity contribution in [3.05, 3.63) is 18.2 Å². The number of amides is 1. The SMILES string of the molecule is CC(C)N(C)C(=O)CNCCc1nccn1C. The number of hydrogen-bond donors (Lipinski definition) is 1. The van der Waals surface area contributed by atoms with Gasteiger partial charge in [-0.1, -0.05) is 0 Å². The smallest absolute Gasteiger partial charge is 0.236 e. The lowest BCUT2D eigenvalue weighted by Gasteiger charge is -2.21. The van der Waals surface area contributed by atoms with Gasteiger partial charge in [0.1, 0.15) is 5.82 Å². The van der Waals surface area contributed by atoms with E-state index in [2.05, 4.69) is 10.3 Å². The van der Waals surface area contributed by atoms with Gasteiger partial charge in [-0.2, -0.15) is 0 Å². The fourth-order valence-corrected chi connectivity index (χ4v) is 1.45. The highest BCUT2D eigenvalue weighted by molar-refractivity contribution is 5.78. The van der Waals surface area contributed by atoms with Gasteiger partial charge in [0.2, 0.25) is 5.91 Å². The van der Waals surface area contributed by atoms with E-state index >= 15 is 0 Å². The van der Waals surface area contributed by atoms with Gasteiger partial charge in [0, 0.05) is 45.5 Å². The number of carbonyl (C=O) groups excluding carboxylic acids is 1. The van der Waals surface area contributed by atoms with Crippen LogP contribution in [-0.2, 0) is 18.3 Å². The summed E-state index contributed by atoms with van der Waals surface area (Å²) in [5.41, 5.74) is 0. The van der Waals surface area contributed by atoms with Gasteiger partial charge in [-0.15, -0.1) is 0 Å². The van der Waals surface area contributed by atoms with Crippen LogP contribution in [0.1, 0.15) is 19.7 Å². The minimum atomic E-state index is 0.125. The van der Waals surface area contributed by atoms with Crippen molar-refractivity contribution >= 4 is 5.91 Å². The molecule has 1 amide bonds. The predicted octanol–water partition coefficient (Wildman–Crippen LogP) is 0.419. The molecule has 1 aromatic rings. The summed E-state index contributed by atoms with van der Waals surface area (Å²) in [7, 11) is 3.80. The van der Waals surface area contributed by atoms with Crippen LogP contribution in [0.2, 0.25) is 0 Å². The average Bonchev–Trinajstić information content (AvgIpc) is 2.69. The molecule has 0 radical (unpaired) electrons. The second kappa shape index (κ2) is 6.39. The molecule has 0 bridgehead atoms. The Morgan fingerprint density at radius 1 is 1.59 bits per heavy atom. The normalized spacial score (nSPS) is 10.9. The number of nitrogens with zero attached hydrogens (tertiary/aromatic N) is 3. The summed E-state index contributed by atoms with van der Waals surface area (Å²) >= 11 is 0. The number of imidazole rings is 1. The quantitative estimate of drug-likeness (QED) is 0.731. The van der Waals surface area contributed by atoms with Gasteiger partial charge in [-0.3, -0.25) is 4.79 Å². The van der Waals surface area contributed by atoms with Gasteiger partial charge < -0.3 is 14.8 Å². The molecule has 1 aromatic heterocycles. The maximum absolute atomic E-state index is 11.7. The molecule has 0 aliphatic carbocycles. The van der Waals surface area contributed by atoms with Gasteiger partial charge in [0.25, 0.3) is 0 Å². The Morgan fingerprint density at radius 2 is 2.29 bits per heavy atom. The van der Waals surface area contributed by atoms with E-state index < -0.39 is 0 Å². The largest absolute Gasteiger partial charge is 0.342 e. The molecule has 0 aliphatic heterocycles. The Labute approximate surface area is 103 Å². The van der Waals surface area contributed by atoms with Crippen LogP contribution in [0.3, 0.4) is 0 Å². The molecule has 1 rings (SSSR count). The zero-order chi connectivity index (χ0) is 12.8. The molecule has 0 saturated heterocycles. The first kappa shape index (κ1) is 13.7. The van der Waals surface area contributed by atoms with Crippen LogP contribution >= 0.6 is 0 Å². The van der Waals surface area contributed by atoms with Crippen LogP contribution in [0.25, 0.3) is 0 Å². The first-order valence-corrected chi connectivity index (χ1v) is 5.95. The van der Waals surface area contributed by atoms with Gasteiger partial charge >= 0.3 is 0 Å². The molecule has 5 nitrogen and oxygen atoms in total. The van der Waals surface area contributed by atoms with Crippen molar-refractivity contribution in [2.24, 2.45) is 7.05 Å². The third-order valence-electron chi connectivity index (χ3n) is 2.89. The number of hydrogen-bond acceptors (Lipinski definition) is 3. The fraction of sp³-hybridized carbons (Fsp3) is 0.667. The van der Waals surface area contributed by atoms with E-state index in [9.17, 15) is 4.79 Å². The molecule has 96 valence electrons. The summed E-state index contributed by atoms with van der Waals surface area (Å²) in [5.74, 6) is 1.15. The summed E-state index contributed by atoms with van der Waals surface area (Å²) in [4.78, 5) is 17.6. The average molecular weight is 238 g/mol. The summed E-state index contributed by atoms with van der Waals surface area (Å²) in [6.45, 7) is 5.17. The highest BCUT2D eigenvalue weighted by Crippen LogP contribution is 1.95. The molecule has 0 fully saturated rings. The lowest BCUT2D eigenvalue weighted by Crippen LogP contribution is -2.39. The minimum Gasteiger partial charge on any atom is -0.342 e. The van der Waals surface area contributed by atoms with Crippen molar-refractivity contribution in [1.29, 1.82) is 0 Å². The van der Waals surface area contributed by atoms with Crippen LogP contribution in [0, 0.1) is 0 Å². The zero-order valence-electron chi connectivity index (χ0n) is 11.1. The predicted molar refractivity (Wildman–Crippen MR) is 67.7 cm³/mol. The highest BCUT2D eigenvalue weighted by Gasteiger charge is 2.10. The zero-order valence-corrected chi connectivity index (χ0v) is 11.1. The van der Waals surface area contributed by atoms with Crippen molar-refractivity contribution < 1.29 is 4.79 Å². The lowest BCUT2D eigenvalue weighted by atomic mass is 10.3. The molecule has 17 heavy (non-hydrogen) atoms. The number of rotatable bonds is 6. The number of aromatic nitrogens is 2. The third-order valence-corrected chi connectivity index (χ3v) is 2.89. The maximum atomic E-state index is 11.7. The van der Waals surface area contributed by atoms with Crippen molar-refractivity contribution in [2.45, 2.75) is 26.3 Å². The maximum Gasteiger partial charge on any atom is 0.236 e. The van der Waals surface area contributed by atoms with Crippen molar-refractivity contribution in [3.63, 3.8) is 0 Å². The van der Waals surface area contributed by atoms with Gasteiger partial charge in [-0.05, 0) is 13.8 Å². The molecule has 1 N–H and O–H groups in total. The molecule has 0 aromatic carbocycles. The van der Waals surface area contributed by atoms with Crippen LogP contribution in [0.15, 0.2) is 12.4 Å². The summed E-state index contributed by atoms with van der Waals surface area (Å²) in [6, 6.07) is 0.249. The molecular formula is C12H22N4O. The Balaban J connectivity index is 2.21. The number of likely N-dealkylation sites (N-methyl/N-ethyl adjacent to an activating group) is 1. The highest BCUT2D eigenvalue weighted by atomic mass is 16.2. The first-order valence-electron chi connectivity index (χ1n) is 5.95. The van der Waals surface area contributed by atoms with E-state index in [0.29, 0.717) is 6.54 Å². The Bertz CT molecular complexity index is 359. The fourth-order valence-electron chi connectivity index (χ4n) is 1.45. The number of nitrogens with one attached hydrogen (secondary N) is 1. The van der Waals surface area contributed by atoms with Crippen LogP contribution in [-0.4, -0.2) is 46.5 Å².